The van der Waals surface area contributed by atoms with Gasteiger partial charge in [-0.1, -0.05) is 0 Å². The third-order valence-corrected chi connectivity index (χ3v) is 1.47. The molecule has 1 rings (SSSR count). The van der Waals surface area contributed by atoms with Gasteiger partial charge in [-0.3, -0.25) is 19.3 Å². The summed E-state index contributed by atoms with van der Waals surface area (Å²) in [7, 11) is 0. The Hall–Kier alpha value is -1.39. The fourth-order valence-corrected chi connectivity index (χ4v) is 0.955. The summed E-state index contributed by atoms with van der Waals surface area (Å²) in [5.74, 6) is -1.28. The largest absolute Gasteiger partial charge is 0.368 e. The minimum atomic E-state index is -0.659. The van der Waals surface area contributed by atoms with Crippen molar-refractivity contribution in [2.45, 2.75) is 12.8 Å². The lowest BCUT2D eigenvalue weighted by atomic mass is 10.4. The standard InChI is InChI=1S/C6H8N2O3/c7-4(9)3-8-5(10)1-2-6(8)11/h1-3H2,(H2,7,9). The maximum absolute atomic E-state index is 10.8. The van der Waals surface area contributed by atoms with Crippen LogP contribution in [0.1, 0.15) is 12.8 Å². The maximum Gasteiger partial charge on any atom is 0.237 e. The molecule has 0 aromatic heterocycles. The minimum absolute atomic E-state index is 0.201. The number of carbonyl (C=O) groups is 3. The van der Waals surface area contributed by atoms with Crippen LogP contribution in [0.3, 0.4) is 0 Å². The van der Waals surface area contributed by atoms with Gasteiger partial charge in [0.2, 0.25) is 17.7 Å². The van der Waals surface area contributed by atoms with Gasteiger partial charge >= 0.3 is 0 Å². The summed E-state index contributed by atoms with van der Waals surface area (Å²) >= 11 is 0. The van der Waals surface area contributed by atoms with Crippen molar-refractivity contribution < 1.29 is 14.4 Å². The zero-order chi connectivity index (χ0) is 8.43. The Kier molecular flexibility index (Phi) is 1.89. The molecule has 1 fully saturated rings. The van der Waals surface area contributed by atoms with Crippen LogP contribution >= 0.6 is 0 Å². The Bertz CT molecular complexity index is 208. The summed E-state index contributed by atoms with van der Waals surface area (Å²) < 4.78 is 0. The second-order valence-corrected chi connectivity index (χ2v) is 2.34. The number of amides is 3. The zero-order valence-corrected chi connectivity index (χ0v) is 5.87. The molecule has 60 valence electrons. The van der Waals surface area contributed by atoms with Gasteiger partial charge in [0, 0.05) is 12.8 Å². The van der Waals surface area contributed by atoms with Crippen molar-refractivity contribution in [1.82, 2.24) is 4.90 Å². The third kappa shape index (κ3) is 1.54. The monoisotopic (exact) mass is 156 g/mol. The molecule has 2 N–H and O–H groups in total. The molecular weight excluding hydrogens is 148 g/mol. The first-order valence-electron chi connectivity index (χ1n) is 3.23. The molecule has 1 aliphatic rings. The molecule has 0 unspecified atom stereocenters. The van der Waals surface area contributed by atoms with Crippen molar-refractivity contribution in [2.24, 2.45) is 5.73 Å². The lowest BCUT2D eigenvalue weighted by Crippen LogP contribution is -2.37. The van der Waals surface area contributed by atoms with Gasteiger partial charge in [0.05, 0.1) is 0 Å². The van der Waals surface area contributed by atoms with Crippen LogP contribution in [0.4, 0.5) is 0 Å². The van der Waals surface area contributed by atoms with Gasteiger partial charge in [0.25, 0.3) is 0 Å². The predicted molar refractivity (Wildman–Crippen MR) is 35.1 cm³/mol. The number of hydrogen-bond donors (Lipinski definition) is 1. The Labute approximate surface area is 63.1 Å². The van der Waals surface area contributed by atoms with Crippen LogP contribution in [0, 0.1) is 0 Å². The van der Waals surface area contributed by atoms with Gasteiger partial charge in [0.1, 0.15) is 6.54 Å². The Balaban J connectivity index is 2.62. The van der Waals surface area contributed by atoms with Crippen molar-refractivity contribution in [1.29, 1.82) is 0 Å². The molecule has 0 spiro atoms. The number of nitrogens with two attached hydrogens (primary N) is 1. The van der Waals surface area contributed by atoms with Crippen molar-refractivity contribution in [3.63, 3.8) is 0 Å². The molecule has 0 aromatic carbocycles. The first-order valence-corrected chi connectivity index (χ1v) is 3.23. The highest BCUT2D eigenvalue weighted by atomic mass is 16.2. The van der Waals surface area contributed by atoms with Crippen molar-refractivity contribution in [2.75, 3.05) is 6.54 Å². The number of nitrogens with zero attached hydrogens (tertiary/aromatic N) is 1. The van der Waals surface area contributed by atoms with Crippen LogP contribution in [0.25, 0.3) is 0 Å². The van der Waals surface area contributed by atoms with E-state index in [2.05, 4.69) is 0 Å². The molecule has 5 heteroatoms. The van der Waals surface area contributed by atoms with Crippen LogP contribution in [-0.4, -0.2) is 29.2 Å². The highest BCUT2D eigenvalue weighted by Gasteiger charge is 2.29. The number of hydrogen-bond acceptors (Lipinski definition) is 3. The van der Waals surface area contributed by atoms with E-state index in [1.807, 2.05) is 0 Å². The lowest BCUT2D eigenvalue weighted by Gasteiger charge is -2.09. The normalized spacial score (nSPS) is 17.6. The van der Waals surface area contributed by atoms with Gasteiger partial charge in [-0.05, 0) is 0 Å². The molecule has 1 heterocycles. The highest BCUT2D eigenvalue weighted by molar-refractivity contribution is 6.04. The average molecular weight is 156 g/mol. The maximum atomic E-state index is 10.8. The van der Waals surface area contributed by atoms with Crippen LogP contribution in [0.5, 0.6) is 0 Å². The third-order valence-electron chi connectivity index (χ3n) is 1.47. The molecule has 0 aliphatic carbocycles. The topological polar surface area (TPSA) is 80.5 Å². The zero-order valence-electron chi connectivity index (χ0n) is 5.87. The number of carbonyl (C=O) groups excluding carboxylic acids is 3. The quantitative estimate of drug-likeness (QED) is 0.500. The second kappa shape index (κ2) is 2.69. The van der Waals surface area contributed by atoms with E-state index in [4.69, 9.17) is 5.73 Å². The van der Waals surface area contributed by atoms with E-state index in [1.165, 1.54) is 0 Å². The minimum Gasteiger partial charge on any atom is -0.368 e. The Morgan fingerprint density at radius 2 is 1.82 bits per heavy atom. The Morgan fingerprint density at radius 1 is 1.36 bits per heavy atom. The van der Waals surface area contributed by atoms with Crippen LogP contribution in [0.2, 0.25) is 0 Å². The fourth-order valence-electron chi connectivity index (χ4n) is 0.955. The van der Waals surface area contributed by atoms with Gasteiger partial charge in [-0.25, -0.2) is 0 Å². The van der Waals surface area contributed by atoms with Gasteiger partial charge in [-0.2, -0.15) is 0 Å². The van der Waals surface area contributed by atoms with E-state index in [-0.39, 0.29) is 31.2 Å². The first-order chi connectivity index (χ1) is 5.11. The number of rotatable bonds is 2. The summed E-state index contributed by atoms with van der Waals surface area (Å²) in [4.78, 5) is 32.8. The molecule has 0 saturated carbocycles. The molecule has 0 bridgehead atoms. The van der Waals surface area contributed by atoms with Gasteiger partial charge < -0.3 is 5.73 Å². The van der Waals surface area contributed by atoms with E-state index in [9.17, 15) is 14.4 Å². The van der Waals surface area contributed by atoms with E-state index in [0.29, 0.717) is 0 Å². The molecule has 11 heavy (non-hydrogen) atoms. The van der Waals surface area contributed by atoms with Crippen molar-refractivity contribution >= 4 is 17.7 Å². The highest BCUT2D eigenvalue weighted by Crippen LogP contribution is 2.10. The summed E-state index contributed by atoms with van der Waals surface area (Å²) in [6.07, 6.45) is 0.401. The molecule has 0 aromatic rings. The van der Waals surface area contributed by atoms with Gasteiger partial charge in [0.15, 0.2) is 0 Å². The number of imide groups is 1. The molecular formula is C6H8N2O3. The summed E-state index contributed by atoms with van der Waals surface area (Å²) in [5.41, 5.74) is 4.81. The second-order valence-electron chi connectivity index (χ2n) is 2.34. The predicted octanol–water partition coefficient (Wildman–Crippen LogP) is -1.38. The molecule has 5 nitrogen and oxygen atoms in total. The first kappa shape index (κ1) is 7.71. The fraction of sp³-hybridized carbons (Fsp3) is 0.500. The molecule has 1 aliphatic heterocycles. The summed E-state index contributed by atoms with van der Waals surface area (Å²) in [5, 5.41) is 0. The summed E-state index contributed by atoms with van der Waals surface area (Å²) in [6.45, 7) is -0.280. The molecule has 3 amide bonds. The Morgan fingerprint density at radius 3 is 2.18 bits per heavy atom. The van der Waals surface area contributed by atoms with E-state index in [1.54, 1.807) is 0 Å². The number of primary amides is 1. The lowest BCUT2D eigenvalue weighted by molar-refractivity contribution is -0.141. The van der Waals surface area contributed by atoms with E-state index in [0.717, 1.165) is 4.90 Å². The van der Waals surface area contributed by atoms with Crippen LogP contribution in [0.15, 0.2) is 0 Å². The molecule has 0 atom stereocenters. The summed E-state index contributed by atoms with van der Waals surface area (Å²) in [6, 6.07) is 0. The van der Waals surface area contributed by atoms with Crippen LogP contribution < -0.4 is 5.73 Å². The van der Waals surface area contributed by atoms with Gasteiger partial charge in [-0.15, -0.1) is 0 Å². The van der Waals surface area contributed by atoms with E-state index >= 15 is 0 Å². The smallest absolute Gasteiger partial charge is 0.237 e. The molecule has 0 radical (unpaired) electrons. The van der Waals surface area contributed by atoms with E-state index < -0.39 is 5.91 Å². The van der Waals surface area contributed by atoms with Crippen molar-refractivity contribution in [3.05, 3.63) is 0 Å². The SMILES string of the molecule is NC(=O)CN1C(=O)CCC1=O. The number of likely N-dealkylation sites (tertiary alicyclic amines) is 1. The molecule has 1 saturated heterocycles. The van der Waals surface area contributed by atoms with Crippen molar-refractivity contribution in [3.8, 4) is 0 Å². The average Bonchev–Trinajstić information content (AvgIpc) is 2.18. The van der Waals surface area contributed by atoms with Crippen LogP contribution in [-0.2, 0) is 14.4 Å².